The van der Waals surface area contributed by atoms with Crippen LogP contribution in [0.1, 0.15) is 24.4 Å². The smallest absolute Gasteiger partial charge is 0.246 e. The van der Waals surface area contributed by atoms with Crippen molar-refractivity contribution in [1.82, 2.24) is 24.1 Å². The highest BCUT2D eigenvalue weighted by Crippen LogP contribution is 2.32. The fourth-order valence-electron chi connectivity index (χ4n) is 3.62. The minimum absolute atomic E-state index is 0.154. The first-order valence-corrected chi connectivity index (χ1v) is 11.5. The van der Waals surface area contributed by atoms with Crippen LogP contribution in [0.2, 0.25) is 0 Å². The van der Waals surface area contributed by atoms with E-state index in [1.54, 1.807) is 37.3 Å². The molecule has 3 heterocycles. The van der Waals surface area contributed by atoms with Crippen LogP contribution in [-0.2, 0) is 21.3 Å². The molecule has 2 aromatic heterocycles. The number of hydrogen-bond donors (Lipinski definition) is 0. The highest BCUT2D eigenvalue weighted by atomic mass is 32.2. The maximum Gasteiger partial charge on any atom is 0.246 e. The van der Waals surface area contributed by atoms with Gasteiger partial charge in [-0.15, -0.1) is 0 Å². The van der Waals surface area contributed by atoms with E-state index < -0.39 is 16.1 Å². The van der Waals surface area contributed by atoms with E-state index in [9.17, 15) is 8.42 Å². The Morgan fingerprint density at radius 3 is 2.61 bits per heavy atom. The average Bonchev–Trinajstić information content (AvgIpc) is 3.21. The third-order valence-electron chi connectivity index (χ3n) is 5.27. The molecule has 1 aliphatic heterocycles. The Labute approximate surface area is 181 Å². The van der Waals surface area contributed by atoms with E-state index >= 15 is 0 Å². The van der Waals surface area contributed by atoms with Crippen LogP contribution >= 0.6 is 0 Å². The van der Waals surface area contributed by atoms with Crippen LogP contribution in [0.15, 0.2) is 47.8 Å². The van der Waals surface area contributed by atoms with Crippen molar-refractivity contribution in [2.45, 2.75) is 31.4 Å². The molecule has 9 nitrogen and oxygen atoms in total. The number of hydrogen-bond acceptors (Lipinski definition) is 7. The topological polar surface area (TPSA) is 99.4 Å². The van der Waals surface area contributed by atoms with Gasteiger partial charge in [0, 0.05) is 43.8 Å². The molecule has 0 bridgehead atoms. The normalized spacial score (nSPS) is 17.6. The molecule has 1 saturated heterocycles. The molecule has 0 N–H and O–H groups in total. The van der Waals surface area contributed by atoms with Crippen molar-refractivity contribution in [3.63, 3.8) is 0 Å². The summed E-state index contributed by atoms with van der Waals surface area (Å²) in [6.07, 6.45) is 4.26. The molecule has 0 saturated carbocycles. The Balaban J connectivity index is 1.64. The van der Waals surface area contributed by atoms with E-state index in [1.807, 2.05) is 31.2 Å². The average molecular weight is 444 g/mol. The molecule has 4 rings (SSSR count). The fourth-order valence-corrected chi connectivity index (χ4v) is 5.21. The van der Waals surface area contributed by atoms with Gasteiger partial charge >= 0.3 is 0 Å². The summed E-state index contributed by atoms with van der Waals surface area (Å²) < 4.78 is 40.8. The molecular formula is C21H25N5O4S. The van der Waals surface area contributed by atoms with Crippen LogP contribution < -0.4 is 4.74 Å². The second-order valence-electron chi connectivity index (χ2n) is 7.18. The third kappa shape index (κ3) is 4.18. The van der Waals surface area contributed by atoms with Gasteiger partial charge in [-0.2, -0.15) is 9.40 Å². The molecule has 0 aliphatic carbocycles. The number of ether oxygens (including phenoxy) is 2. The van der Waals surface area contributed by atoms with Gasteiger partial charge in [-0.25, -0.2) is 8.42 Å². The van der Waals surface area contributed by atoms with Crippen LogP contribution in [-0.4, -0.2) is 59.3 Å². The minimum Gasteiger partial charge on any atom is -0.497 e. The number of benzene rings is 1. The van der Waals surface area contributed by atoms with Crippen molar-refractivity contribution in [2.24, 2.45) is 0 Å². The Hall–Kier alpha value is -2.82. The highest BCUT2D eigenvalue weighted by Gasteiger charge is 2.35. The van der Waals surface area contributed by atoms with Gasteiger partial charge in [0.25, 0.3) is 0 Å². The number of morpholine rings is 1. The summed E-state index contributed by atoms with van der Waals surface area (Å²) in [6.45, 7) is 4.93. The monoisotopic (exact) mass is 443 g/mol. The van der Waals surface area contributed by atoms with Gasteiger partial charge in [-0.3, -0.25) is 14.6 Å². The minimum atomic E-state index is -3.70. The first kappa shape index (κ1) is 21.4. The van der Waals surface area contributed by atoms with Crippen molar-refractivity contribution >= 4 is 10.0 Å². The summed E-state index contributed by atoms with van der Waals surface area (Å²) in [5.74, 6) is 0.739. The summed E-state index contributed by atoms with van der Waals surface area (Å²) in [7, 11) is -2.09. The molecule has 3 aromatic rings. The van der Waals surface area contributed by atoms with Gasteiger partial charge in [-0.05, 0) is 38.1 Å². The zero-order valence-electron chi connectivity index (χ0n) is 17.7. The van der Waals surface area contributed by atoms with Gasteiger partial charge in [0.15, 0.2) is 0 Å². The largest absolute Gasteiger partial charge is 0.497 e. The maximum absolute atomic E-state index is 13.3. The molecule has 1 aromatic carbocycles. The molecule has 1 fully saturated rings. The quantitative estimate of drug-likeness (QED) is 0.577. The Bertz CT molecular complexity index is 1160. The second kappa shape index (κ2) is 8.74. The van der Waals surface area contributed by atoms with E-state index in [0.717, 1.165) is 11.3 Å². The molecule has 1 unspecified atom stereocenters. The predicted octanol–water partition coefficient (Wildman–Crippen LogP) is 2.44. The highest BCUT2D eigenvalue weighted by molar-refractivity contribution is 7.89. The van der Waals surface area contributed by atoms with Crippen LogP contribution in [0.4, 0.5) is 0 Å². The van der Waals surface area contributed by atoms with Gasteiger partial charge in [0.05, 0.1) is 30.8 Å². The number of nitrogens with zero attached hydrogens (tertiary/aromatic N) is 5. The van der Waals surface area contributed by atoms with E-state index in [-0.39, 0.29) is 24.6 Å². The van der Waals surface area contributed by atoms with Crippen molar-refractivity contribution in [2.75, 3.05) is 26.8 Å². The summed E-state index contributed by atoms with van der Waals surface area (Å²) in [4.78, 5) is 9.20. The Morgan fingerprint density at radius 2 is 1.94 bits per heavy atom. The first-order valence-electron chi connectivity index (χ1n) is 10.0. The first-order chi connectivity index (χ1) is 14.9. The lowest BCUT2D eigenvalue weighted by molar-refractivity contribution is -0.00478. The van der Waals surface area contributed by atoms with Crippen LogP contribution in [0.3, 0.4) is 0 Å². The number of aryl methyl sites for hydroxylation is 2. The van der Waals surface area contributed by atoms with Gasteiger partial charge < -0.3 is 9.47 Å². The van der Waals surface area contributed by atoms with Crippen molar-refractivity contribution in [3.05, 3.63) is 54.2 Å². The number of sulfonamides is 1. The second-order valence-corrected chi connectivity index (χ2v) is 9.08. The van der Waals surface area contributed by atoms with Crippen molar-refractivity contribution in [3.8, 4) is 17.0 Å². The van der Waals surface area contributed by atoms with Crippen molar-refractivity contribution < 1.29 is 17.9 Å². The Kier molecular flexibility index (Phi) is 6.03. The van der Waals surface area contributed by atoms with E-state index in [4.69, 9.17) is 9.47 Å². The van der Waals surface area contributed by atoms with Crippen molar-refractivity contribution in [1.29, 1.82) is 0 Å². The zero-order valence-corrected chi connectivity index (χ0v) is 18.5. The number of methoxy groups -OCH3 is 1. The lowest BCUT2D eigenvalue weighted by Gasteiger charge is -2.32. The summed E-state index contributed by atoms with van der Waals surface area (Å²) in [6, 6.07) is 7.49. The van der Waals surface area contributed by atoms with Crippen LogP contribution in [0.25, 0.3) is 11.3 Å². The fraction of sp³-hybridized carbons (Fsp3) is 0.381. The van der Waals surface area contributed by atoms with Gasteiger partial charge in [0.1, 0.15) is 16.7 Å². The summed E-state index contributed by atoms with van der Waals surface area (Å²) in [5.41, 5.74) is 2.61. The number of rotatable bonds is 6. The molecule has 10 heteroatoms. The van der Waals surface area contributed by atoms with Gasteiger partial charge in [-0.1, -0.05) is 0 Å². The SMILES string of the molecule is CCn1cc(S(=O)(=O)N2CCOC(c3nccnc3-c3ccc(OC)cc3)C2)c(C)n1. The zero-order chi connectivity index (χ0) is 22.0. The molecule has 0 spiro atoms. The predicted molar refractivity (Wildman–Crippen MR) is 114 cm³/mol. The third-order valence-corrected chi connectivity index (χ3v) is 7.24. The van der Waals surface area contributed by atoms with Crippen LogP contribution in [0.5, 0.6) is 5.75 Å². The molecule has 1 aliphatic rings. The maximum atomic E-state index is 13.3. The van der Waals surface area contributed by atoms with Crippen LogP contribution in [0, 0.1) is 6.92 Å². The summed E-state index contributed by atoms with van der Waals surface area (Å²) >= 11 is 0. The standard InChI is InChI=1S/C21H25N5O4S/c1-4-25-14-19(15(2)24-25)31(27,28)26-11-12-30-18(13-26)21-20(22-9-10-23-21)16-5-7-17(29-3)8-6-16/h5-10,14,18H,4,11-13H2,1-3H3. The van der Waals surface area contributed by atoms with E-state index in [1.165, 1.54) is 4.31 Å². The van der Waals surface area contributed by atoms with Gasteiger partial charge in [0.2, 0.25) is 10.0 Å². The molecule has 164 valence electrons. The molecular weight excluding hydrogens is 418 g/mol. The van der Waals surface area contributed by atoms with E-state index in [2.05, 4.69) is 15.1 Å². The Morgan fingerprint density at radius 1 is 1.19 bits per heavy atom. The molecule has 0 amide bonds. The molecule has 31 heavy (non-hydrogen) atoms. The lowest BCUT2D eigenvalue weighted by Crippen LogP contribution is -2.42. The molecule has 1 atom stereocenters. The lowest BCUT2D eigenvalue weighted by atomic mass is 10.1. The number of aromatic nitrogens is 4. The summed E-state index contributed by atoms with van der Waals surface area (Å²) in [5, 5.41) is 4.28. The van der Waals surface area contributed by atoms with E-state index in [0.29, 0.717) is 23.6 Å². The molecule has 0 radical (unpaired) electrons.